The van der Waals surface area contributed by atoms with E-state index in [0.29, 0.717) is 5.56 Å². The summed E-state index contributed by atoms with van der Waals surface area (Å²) in [5, 5.41) is 28.7. The van der Waals surface area contributed by atoms with Gasteiger partial charge in [0.1, 0.15) is 43.2 Å². The molecule has 0 aromatic heterocycles. The molecule has 0 unspecified atom stereocenters. The number of hydrogen-bond donors (Lipinski definition) is 4. The lowest BCUT2D eigenvalue weighted by molar-refractivity contribution is -0.379. The van der Waals surface area contributed by atoms with Crippen molar-refractivity contribution in [2.75, 3.05) is 18.5 Å². The third-order valence-corrected chi connectivity index (χ3v) is 9.47. The van der Waals surface area contributed by atoms with Gasteiger partial charge in [0, 0.05) is 31.9 Å². The van der Waals surface area contributed by atoms with Gasteiger partial charge >= 0.3 is 17.9 Å². The second-order valence-electron chi connectivity index (χ2n) is 13.4. The average molecular weight is 813 g/mol. The molecule has 4 N–H and O–H groups in total. The fourth-order valence-electron chi connectivity index (χ4n) is 6.58. The number of esters is 3. The molecule has 3 aliphatic heterocycles. The summed E-state index contributed by atoms with van der Waals surface area (Å²) < 4.78 is 47.1. The number of amides is 2. The predicted octanol–water partition coefficient (Wildman–Crippen LogP) is 2.42. The molecular weight excluding hydrogens is 772 g/mol. The van der Waals surface area contributed by atoms with Crippen LogP contribution in [0.5, 0.6) is 0 Å². The first-order chi connectivity index (χ1) is 27.3. The maximum Gasteiger partial charge on any atom is 0.338 e. The third-order valence-electron chi connectivity index (χ3n) is 9.14. The standard InChI is InChI=1S/C39H41ClN2O15/c1-19(43)41-26-16-24(14-15-25(26)40)35(48)42-36-33(52-20(2)44)29(46)31(27(54-36)17-50-37(49)22-10-6-4-7-11-22)57-39-34(53-21(3)45)30(47)32-28(55-39)18-51-38(56-32)23-12-8-5-9-13-23/h4-16,27-34,36,38-39,46-47H,17-18H2,1-3H3,(H,41,43)(H,42,48)/t27-,28-,29+,30+,31-,32-,33-,34-,36-,38-,39-/m1/s1. The number of carbonyl (C=O) groups excluding carboxylic acids is 5. The van der Waals surface area contributed by atoms with Gasteiger partial charge in [0.2, 0.25) is 5.91 Å². The smallest absolute Gasteiger partial charge is 0.338 e. The largest absolute Gasteiger partial charge is 0.459 e. The highest BCUT2D eigenvalue weighted by atomic mass is 35.5. The van der Waals surface area contributed by atoms with Crippen molar-refractivity contribution in [3.05, 3.63) is 101 Å². The number of fused-ring (bicyclic) bond motifs is 1. The first kappa shape index (κ1) is 41.6. The van der Waals surface area contributed by atoms with Crippen LogP contribution in [-0.2, 0) is 52.3 Å². The van der Waals surface area contributed by atoms with Gasteiger partial charge in [-0.25, -0.2) is 4.79 Å². The van der Waals surface area contributed by atoms with Gasteiger partial charge in [-0.15, -0.1) is 0 Å². The Bertz CT molecular complexity index is 1920. The van der Waals surface area contributed by atoms with Gasteiger partial charge in [-0.3, -0.25) is 19.2 Å². The molecule has 0 bridgehead atoms. The number of rotatable bonds is 11. The molecule has 0 spiro atoms. The van der Waals surface area contributed by atoms with Crippen molar-refractivity contribution in [3.8, 4) is 0 Å². The van der Waals surface area contributed by atoms with E-state index in [1.807, 2.05) is 6.07 Å². The van der Waals surface area contributed by atoms with E-state index < -0.39 is 104 Å². The van der Waals surface area contributed by atoms with Gasteiger partial charge in [-0.05, 0) is 30.3 Å². The van der Waals surface area contributed by atoms with Gasteiger partial charge in [0.25, 0.3) is 5.91 Å². The summed E-state index contributed by atoms with van der Waals surface area (Å²) in [7, 11) is 0. The van der Waals surface area contributed by atoms with Crippen molar-refractivity contribution in [1.29, 1.82) is 0 Å². The Balaban J connectivity index is 1.28. The van der Waals surface area contributed by atoms with Crippen molar-refractivity contribution >= 4 is 47.0 Å². The lowest BCUT2D eigenvalue weighted by atomic mass is 9.95. The Kier molecular flexibility index (Phi) is 13.5. The van der Waals surface area contributed by atoms with Gasteiger partial charge in [0.05, 0.1) is 22.9 Å². The average Bonchev–Trinajstić information content (AvgIpc) is 3.18. The maximum absolute atomic E-state index is 13.6. The molecule has 3 saturated heterocycles. The number of anilines is 1. The Hall–Kier alpha value is -4.98. The van der Waals surface area contributed by atoms with Crippen LogP contribution in [0.2, 0.25) is 5.02 Å². The zero-order chi connectivity index (χ0) is 40.8. The van der Waals surface area contributed by atoms with Crippen molar-refractivity contribution in [1.82, 2.24) is 5.32 Å². The number of hydrogen-bond acceptors (Lipinski definition) is 15. The van der Waals surface area contributed by atoms with Gasteiger partial charge in [0.15, 0.2) is 31.0 Å². The molecule has 11 atom stereocenters. The van der Waals surface area contributed by atoms with E-state index in [1.165, 1.54) is 37.3 Å². The molecule has 0 saturated carbocycles. The van der Waals surface area contributed by atoms with Crippen LogP contribution in [0.3, 0.4) is 0 Å². The van der Waals surface area contributed by atoms with E-state index in [0.717, 1.165) is 13.8 Å². The highest BCUT2D eigenvalue weighted by Gasteiger charge is 2.55. The van der Waals surface area contributed by atoms with Crippen LogP contribution in [0.1, 0.15) is 53.3 Å². The molecule has 3 aliphatic rings. The maximum atomic E-state index is 13.6. The summed E-state index contributed by atoms with van der Waals surface area (Å²) in [5.41, 5.74) is 1.00. The fraction of sp³-hybridized carbons (Fsp3) is 0.410. The van der Waals surface area contributed by atoms with E-state index in [1.54, 1.807) is 42.5 Å². The van der Waals surface area contributed by atoms with E-state index >= 15 is 0 Å². The minimum absolute atomic E-state index is 0.00281. The van der Waals surface area contributed by atoms with Crippen LogP contribution in [0.4, 0.5) is 5.69 Å². The molecule has 3 heterocycles. The van der Waals surface area contributed by atoms with Crippen molar-refractivity contribution in [2.24, 2.45) is 0 Å². The van der Waals surface area contributed by atoms with E-state index in [4.69, 9.17) is 49.5 Å². The summed E-state index contributed by atoms with van der Waals surface area (Å²) in [4.78, 5) is 63.1. The third kappa shape index (κ3) is 10.1. The van der Waals surface area contributed by atoms with Crippen molar-refractivity contribution in [3.63, 3.8) is 0 Å². The molecule has 0 aliphatic carbocycles. The number of nitrogens with one attached hydrogen (secondary N) is 2. The first-order valence-electron chi connectivity index (χ1n) is 17.9. The van der Waals surface area contributed by atoms with Gasteiger partial charge < -0.3 is 58.7 Å². The van der Waals surface area contributed by atoms with E-state index in [9.17, 15) is 34.2 Å². The SMILES string of the molecule is CC(=O)Nc1cc(C(=O)N[C@@H]2O[C@H](COC(=O)c3ccccc3)[C@@H](O[C@H]3O[C@@H]4CO[C@@H](c5ccccc5)O[C@H]4[C@H](O)[C@H]3OC(C)=O)[C@H](O)[C@H]2OC(C)=O)ccc1Cl. The van der Waals surface area contributed by atoms with Gasteiger partial charge in [-0.2, -0.15) is 0 Å². The Morgan fingerprint density at radius 2 is 1.46 bits per heavy atom. The van der Waals surface area contributed by atoms with Crippen LogP contribution in [-0.4, -0.2) is 114 Å². The summed E-state index contributed by atoms with van der Waals surface area (Å²) in [6, 6.07) is 21.0. The summed E-state index contributed by atoms with van der Waals surface area (Å²) >= 11 is 6.19. The predicted molar refractivity (Wildman–Crippen MR) is 195 cm³/mol. The van der Waals surface area contributed by atoms with Crippen LogP contribution >= 0.6 is 11.6 Å². The minimum atomic E-state index is -1.84. The molecule has 2 amide bonds. The van der Waals surface area contributed by atoms with Gasteiger partial charge in [-0.1, -0.05) is 60.1 Å². The zero-order valence-electron chi connectivity index (χ0n) is 30.9. The van der Waals surface area contributed by atoms with Crippen LogP contribution in [0, 0.1) is 0 Å². The second-order valence-corrected chi connectivity index (χ2v) is 13.8. The molecule has 3 aromatic carbocycles. The Morgan fingerprint density at radius 3 is 2.12 bits per heavy atom. The highest BCUT2D eigenvalue weighted by Crippen LogP contribution is 2.37. The normalized spacial score (nSPS) is 29.5. The number of benzene rings is 3. The minimum Gasteiger partial charge on any atom is -0.459 e. The number of ether oxygens (including phenoxy) is 8. The molecular formula is C39H41ClN2O15. The summed E-state index contributed by atoms with van der Waals surface area (Å²) in [6.07, 6.45) is -15.7. The lowest BCUT2D eigenvalue weighted by Gasteiger charge is -2.49. The monoisotopic (exact) mass is 812 g/mol. The number of aliphatic hydroxyl groups excluding tert-OH is 2. The highest BCUT2D eigenvalue weighted by molar-refractivity contribution is 6.33. The molecule has 3 fully saturated rings. The summed E-state index contributed by atoms with van der Waals surface area (Å²) in [6.45, 7) is 2.76. The molecule has 18 heteroatoms. The molecule has 0 radical (unpaired) electrons. The van der Waals surface area contributed by atoms with Crippen LogP contribution in [0.15, 0.2) is 78.9 Å². The molecule has 57 heavy (non-hydrogen) atoms. The first-order valence-corrected chi connectivity index (χ1v) is 18.3. The number of carbonyl (C=O) groups is 5. The van der Waals surface area contributed by atoms with E-state index in [-0.39, 0.29) is 28.4 Å². The molecule has 3 aromatic rings. The Morgan fingerprint density at radius 1 is 0.789 bits per heavy atom. The van der Waals surface area contributed by atoms with E-state index in [2.05, 4.69) is 10.6 Å². The topological polar surface area (TPSA) is 224 Å². The fourth-order valence-corrected chi connectivity index (χ4v) is 6.74. The molecule has 304 valence electrons. The van der Waals surface area contributed by atoms with Crippen molar-refractivity contribution in [2.45, 2.75) is 88.4 Å². The second kappa shape index (κ2) is 18.5. The number of halogens is 1. The van der Waals surface area contributed by atoms with Crippen LogP contribution < -0.4 is 10.6 Å². The Labute approximate surface area is 331 Å². The molecule has 6 rings (SSSR count). The lowest BCUT2D eigenvalue weighted by Crippen LogP contribution is -2.68. The quantitative estimate of drug-likeness (QED) is 0.161. The van der Waals surface area contributed by atoms with Crippen LogP contribution in [0.25, 0.3) is 0 Å². The summed E-state index contributed by atoms with van der Waals surface area (Å²) in [5.74, 6) is -3.68. The number of aliphatic hydroxyl groups is 2. The van der Waals surface area contributed by atoms with Crippen molar-refractivity contribution < 1.29 is 72.1 Å². The zero-order valence-corrected chi connectivity index (χ0v) is 31.6. The molecule has 17 nitrogen and oxygen atoms in total.